The Kier molecular flexibility index (Phi) is 4.97. The lowest BCUT2D eigenvalue weighted by atomic mass is 10.1. The normalized spacial score (nSPS) is 13.5. The van der Waals surface area contributed by atoms with Gasteiger partial charge >= 0.3 is 12.0 Å². The maximum absolute atomic E-state index is 12.0. The van der Waals surface area contributed by atoms with E-state index in [2.05, 4.69) is 20.8 Å². The van der Waals surface area contributed by atoms with Crippen LogP contribution in [0.5, 0.6) is 0 Å². The number of aryl methyl sites for hydroxylation is 1. The summed E-state index contributed by atoms with van der Waals surface area (Å²) in [6.07, 6.45) is 2.55. The Hall–Kier alpha value is -2.90. The first kappa shape index (κ1) is 16.9. The molecule has 2 aromatic rings. The largest absolute Gasteiger partial charge is 0.481 e. The lowest BCUT2D eigenvalue weighted by Crippen LogP contribution is -2.30. The van der Waals surface area contributed by atoms with Crippen LogP contribution in [-0.4, -0.2) is 33.8 Å². The number of carboxylic acid groups (broad SMARTS) is 1. The van der Waals surface area contributed by atoms with Crippen LogP contribution in [0, 0.1) is 6.92 Å². The fourth-order valence-corrected chi connectivity index (χ4v) is 2.40. The first-order valence-electron chi connectivity index (χ1n) is 8.24. The van der Waals surface area contributed by atoms with Crippen LogP contribution in [0.1, 0.15) is 43.0 Å². The fourth-order valence-electron chi connectivity index (χ4n) is 2.40. The van der Waals surface area contributed by atoms with Crippen LogP contribution in [0.4, 0.5) is 10.5 Å². The summed E-state index contributed by atoms with van der Waals surface area (Å²) in [7, 11) is 0. The maximum Gasteiger partial charge on any atom is 0.319 e. The van der Waals surface area contributed by atoms with Crippen molar-refractivity contribution in [3.05, 3.63) is 29.6 Å². The molecular formula is C17H20N4O4. The van der Waals surface area contributed by atoms with Gasteiger partial charge in [-0.25, -0.2) is 4.79 Å². The van der Waals surface area contributed by atoms with Gasteiger partial charge in [-0.1, -0.05) is 16.8 Å². The molecule has 1 aliphatic rings. The molecule has 1 saturated carbocycles. The van der Waals surface area contributed by atoms with Gasteiger partial charge in [-0.3, -0.25) is 4.79 Å². The van der Waals surface area contributed by atoms with Gasteiger partial charge in [-0.05, 0) is 38.3 Å². The molecule has 3 N–H and O–H groups in total. The quantitative estimate of drug-likeness (QED) is 0.665. The molecule has 0 aliphatic heterocycles. The lowest BCUT2D eigenvalue weighted by Gasteiger charge is -2.10. The number of aromatic nitrogens is 2. The summed E-state index contributed by atoms with van der Waals surface area (Å²) < 4.78 is 5.36. The number of aliphatic carboxylic acids is 1. The van der Waals surface area contributed by atoms with Crippen LogP contribution >= 0.6 is 0 Å². The second-order valence-electron chi connectivity index (χ2n) is 6.16. The molecule has 25 heavy (non-hydrogen) atoms. The third kappa shape index (κ3) is 4.56. The number of hydrogen-bond acceptors (Lipinski definition) is 5. The highest BCUT2D eigenvalue weighted by Crippen LogP contribution is 2.39. The van der Waals surface area contributed by atoms with Gasteiger partial charge in [-0.15, -0.1) is 0 Å². The summed E-state index contributed by atoms with van der Waals surface area (Å²) in [5.41, 5.74) is 2.24. The Labute approximate surface area is 144 Å². The number of nitrogens with one attached hydrogen (secondary N) is 2. The maximum atomic E-state index is 12.0. The Morgan fingerprint density at radius 1 is 1.36 bits per heavy atom. The molecule has 2 amide bonds. The second-order valence-corrected chi connectivity index (χ2v) is 6.16. The zero-order valence-electron chi connectivity index (χ0n) is 13.9. The predicted octanol–water partition coefficient (Wildman–Crippen LogP) is 2.91. The van der Waals surface area contributed by atoms with Crippen LogP contribution in [0.3, 0.4) is 0 Å². The monoisotopic (exact) mass is 344 g/mol. The Bertz CT molecular complexity index is 783. The fraction of sp³-hybridized carbons (Fsp3) is 0.412. The SMILES string of the molecule is Cc1ccc(NC(=O)NCCCC(=O)O)c(-c2nc(C3CC3)no2)c1. The molecule has 1 heterocycles. The van der Waals surface area contributed by atoms with E-state index in [9.17, 15) is 9.59 Å². The minimum atomic E-state index is -0.883. The number of anilines is 1. The van der Waals surface area contributed by atoms with Crippen molar-refractivity contribution in [2.75, 3.05) is 11.9 Å². The van der Waals surface area contributed by atoms with Crippen LogP contribution in [0.25, 0.3) is 11.5 Å². The summed E-state index contributed by atoms with van der Waals surface area (Å²) in [6, 6.07) is 5.13. The molecule has 0 atom stereocenters. The molecule has 1 aliphatic carbocycles. The number of nitrogens with zero attached hydrogens (tertiary/aromatic N) is 2. The third-order valence-corrected chi connectivity index (χ3v) is 3.89. The zero-order valence-corrected chi connectivity index (χ0v) is 13.9. The Balaban J connectivity index is 1.68. The summed E-state index contributed by atoms with van der Waals surface area (Å²) in [6.45, 7) is 2.23. The van der Waals surface area contributed by atoms with E-state index in [1.165, 1.54) is 0 Å². The van der Waals surface area contributed by atoms with Gasteiger partial charge in [-0.2, -0.15) is 4.98 Å². The highest BCUT2D eigenvalue weighted by Gasteiger charge is 2.29. The van der Waals surface area contributed by atoms with E-state index in [0.717, 1.165) is 18.4 Å². The van der Waals surface area contributed by atoms with Crippen LogP contribution in [-0.2, 0) is 4.79 Å². The summed E-state index contributed by atoms with van der Waals surface area (Å²) in [5, 5.41) is 18.0. The van der Waals surface area contributed by atoms with E-state index in [-0.39, 0.29) is 13.0 Å². The Morgan fingerprint density at radius 2 is 2.16 bits per heavy atom. The van der Waals surface area contributed by atoms with Crippen LogP contribution in [0.15, 0.2) is 22.7 Å². The van der Waals surface area contributed by atoms with Gasteiger partial charge in [0.2, 0.25) is 0 Å². The van der Waals surface area contributed by atoms with Crippen LogP contribution in [0.2, 0.25) is 0 Å². The van der Waals surface area contributed by atoms with Crippen molar-refractivity contribution < 1.29 is 19.2 Å². The first-order valence-corrected chi connectivity index (χ1v) is 8.24. The number of carbonyl (C=O) groups is 2. The number of carboxylic acids is 1. The molecule has 1 fully saturated rings. The average molecular weight is 344 g/mol. The summed E-state index contributed by atoms with van der Waals surface area (Å²) in [5.74, 6) is 0.592. The third-order valence-electron chi connectivity index (χ3n) is 3.89. The van der Waals surface area contributed by atoms with Gasteiger partial charge in [0.1, 0.15) is 0 Å². The average Bonchev–Trinajstić information content (AvgIpc) is 3.30. The van der Waals surface area contributed by atoms with Gasteiger partial charge in [0, 0.05) is 18.9 Å². The highest BCUT2D eigenvalue weighted by atomic mass is 16.5. The molecule has 132 valence electrons. The van der Waals surface area contributed by atoms with Crippen molar-refractivity contribution in [3.8, 4) is 11.5 Å². The van der Waals surface area contributed by atoms with Gasteiger partial charge in [0.25, 0.3) is 5.89 Å². The number of benzene rings is 1. The number of carbonyl (C=O) groups excluding carboxylic acids is 1. The van der Waals surface area contributed by atoms with Crippen molar-refractivity contribution >= 4 is 17.7 Å². The molecule has 8 heteroatoms. The van der Waals surface area contributed by atoms with E-state index in [1.807, 2.05) is 19.1 Å². The van der Waals surface area contributed by atoms with E-state index in [0.29, 0.717) is 35.3 Å². The van der Waals surface area contributed by atoms with E-state index in [1.54, 1.807) is 6.07 Å². The molecule has 3 rings (SSSR count). The van der Waals surface area contributed by atoms with Crippen molar-refractivity contribution in [1.82, 2.24) is 15.5 Å². The second kappa shape index (κ2) is 7.33. The van der Waals surface area contributed by atoms with Crippen molar-refractivity contribution in [2.45, 2.75) is 38.5 Å². The standard InChI is InChI=1S/C17H20N4O4/c1-10-4-7-13(19-17(24)18-8-2-3-14(22)23)12(9-10)16-20-15(21-25-16)11-5-6-11/h4,7,9,11H,2-3,5-6,8H2,1H3,(H,22,23)(H2,18,19,24). The molecule has 0 spiro atoms. The molecule has 0 radical (unpaired) electrons. The number of urea groups is 1. The van der Waals surface area contributed by atoms with Crippen molar-refractivity contribution in [1.29, 1.82) is 0 Å². The summed E-state index contributed by atoms with van der Waals surface area (Å²) in [4.78, 5) is 26.9. The predicted molar refractivity (Wildman–Crippen MR) is 90.3 cm³/mol. The molecule has 0 unspecified atom stereocenters. The first-order chi connectivity index (χ1) is 12.0. The van der Waals surface area contributed by atoms with E-state index >= 15 is 0 Å². The van der Waals surface area contributed by atoms with Gasteiger partial charge in [0.05, 0.1) is 11.3 Å². The molecule has 0 saturated heterocycles. The molecular weight excluding hydrogens is 324 g/mol. The summed E-state index contributed by atoms with van der Waals surface area (Å²) >= 11 is 0. The van der Waals surface area contributed by atoms with Crippen molar-refractivity contribution in [2.24, 2.45) is 0 Å². The van der Waals surface area contributed by atoms with E-state index in [4.69, 9.17) is 9.63 Å². The van der Waals surface area contributed by atoms with Gasteiger partial charge < -0.3 is 20.3 Å². The molecule has 8 nitrogen and oxygen atoms in total. The zero-order chi connectivity index (χ0) is 17.8. The van der Waals surface area contributed by atoms with Crippen LogP contribution < -0.4 is 10.6 Å². The number of rotatable bonds is 7. The van der Waals surface area contributed by atoms with E-state index < -0.39 is 12.0 Å². The van der Waals surface area contributed by atoms with Crippen molar-refractivity contribution in [3.63, 3.8) is 0 Å². The smallest absolute Gasteiger partial charge is 0.319 e. The molecule has 0 bridgehead atoms. The Morgan fingerprint density at radius 3 is 2.88 bits per heavy atom. The number of hydrogen-bond donors (Lipinski definition) is 3. The minimum Gasteiger partial charge on any atom is -0.481 e. The highest BCUT2D eigenvalue weighted by molar-refractivity contribution is 5.93. The van der Waals surface area contributed by atoms with Gasteiger partial charge in [0.15, 0.2) is 5.82 Å². The topological polar surface area (TPSA) is 117 Å². The minimum absolute atomic E-state index is 0.0159. The molecule has 1 aromatic heterocycles. The number of amides is 2. The lowest BCUT2D eigenvalue weighted by molar-refractivity contribution is -0.137. The molecule has 1 aromatic carbocycles.